The molecule has 2 unspecified atom stereocenters. The highest BCUT2D eigenvalue weighted by atomic mass is 32.2. The normalized spacial score (nSPS) is 27.5. The van der Waals surface area contributed by atoms with E-state index in [1.54, 1.807) is 28.6 Å². The minimum Gasteiger partial charge on any atom is -0.339 e. The molecule has 2 atom stereocenters. The average molecular weight is 434 g/mol. The standard InChI is InChI=1S/C23H35N3O3S/c1-18-14-19(2)17-26(16-18)30(28,29)22-7-5-6-20(15-22)23(27)25-12-8-21(9-13-25)24-10-3-4-11-24/h5-7,15,18-19,21H,3-4,8-14,16-17H2,1-2H3. The first-order chi connectivity index (χ1) is 14.3. The van der Waals surface area contributed by atoms with Crippen LogP contribution in [0.4, 0.5) is 0 Å². The molecule has 3 aliphatic heterocycles. The molecule has 7 heteroatoms. The number of hydrogen-bond acceptors (Lipinski definition) is 4. The lowest BCUT2D eigenvalue weighted by atomic mass is 9.94. The summed E-state index contributed by atoms with van der Waals surface area (Å²) < 4.78 is 28.0. The summed E-state index contributed by atoms with van der Waals surface area (Å²) in [5.74, 6) is 0.655. The average Bonchev–Trinajstić information content (AvgIpc) is 3.28. The van der Waals surface area contributed by atoms with E-state index in [9.17, 15) is 13.2 Å². The number of carbonyl (C=O) groups is 1. The second kappa shape index (κ2) is 8.97. The Balaban J connectivity index is 1.44. The van der Waals surface area contributed by atoms with Gasteiger partial charge in [0.1, 0.15) is 0 Å². The van der Waals surface area contributed by atoms with Gasteiger partial charge in [0.2, 0.25) is 10.0 Å². The molecule has 6 nitrogen and oxygen atoms in total. The van der Waals surface area contributed by atoms with Crippen molar-refractivity contribution in [3.8, 4) is 0 Å². The highest BCUT2D eigenvalue weighted by molar-refractivity contribution is 7.89. The quantitative estimate of drug-likeness (QED) is 0.732. The molecule has 3 fully saturated rings. The smallest absolute Gasteiger partial charge is 0.253 e. The fourth-order valence-electron chi connectivity index (χ4n) is 5.46. The van der Waals surface area contributed by atoms with E-state index in [-0.39, 0.29) is 10.8 Å². The molecule has 30 heavy (non-hydrogen) atoms. The lowest BCUT2D eigenvalue weighted by Crippen LogP contribution is -2.46. The largest absolute Gasteiger partial charge is 0.339 e. The van der Waals surface area contributed by atoms with Crippen molar-refractivity contribution in [2.75, 3.05) is 39.3 Å². The minimum absolute atomic E-state index is 0.0488. The number of carbonyl (C=O) groups excluding carboxylic acids is 1. The first-order valence-electron chi connectivity index (χ1n) is 11.5. The van der Waals surface area contributed by atoms with Crippen LogP contribution in [-0.4, -0.2) is 73.7 Å². The van der Waals surface area contributed by atoms with Crippen LogP contribution in [0.2, 0.25) is 0 Å². The van der Waals surface area contributed by atoms with Crippen LogP contribution >= 0.6 is 0 Å². The second-order valence-electron chi connectivity index (χ2n) is 9.56. The molecule has 3 heterocycles. The molecule has 0 spiro atoms. The van der Waals surface area contributed by atoms with E-state index in [1.807, 2.05) is 4.90 Å². The summed E-state index contributed by atoms with van der Waals surface area (Å²) >= 11 is 0. The third-order valence-electron chi connectivity index (χ3n) is 6.96. The van der Waals surface area contributed by atoms with Crippen molar-refractivity contribution < 1.29 is 13.2 Å². The second-order valence-corrected chi connectivity index (χ2v) is 11.5. The summed E-state index contributed by atoms with van der Waals surface area (Å²) in [7, 11) is -3.58. The van der Waals surface area contributed by atoms with Gasteiger partial charge in [0.05, 0.1) is 4.90 Å². The summed E-state index contributed by atoms with van der Waals surface area (Å²) in [6.07, 6.45) is 5.64. The lowest BCUT2D eigenvalue weighted by molar-refractivity contribution is 0.0644. The Kier molecular flexibility index (Phi) is 6.51. The van der Waals surface area contributed by atoms with Gasteiger partial charge in [-0.05, 0) is 75.2 Å². The lowest BCUT2D eigenvalue weighted by Gasteiger charge is -2.36. The Hall–Kier alpha value is -1.44. The summed E-state index contributed by atoms with van der Waals surface area (Å²) in [6.45, 7) is 9.17. The Morgan fingerprint density at radius 1 is 0.967 bits per heavy atom. The number of nitrogens with zero attached hydrogens (tertiary/aromatic N) is 3. The Bertz CT molecular complexity index is 848. The van der Waals surface area contributed by atoms with Gasteiger partial charge in [0.15, 0.2) is 0 Å². The number of hydrogen-bond donors (Lipinski definition) is 0. The molecular weight excluding hydrogens is 398 g/mol. The molecule has 0 aromatic heterocycles. The third kappa shape index (κ3) is 4.58. The van der Waals surface area contributed by atoms with Crippen LogP contribution in [0.5, 0.6) is 0 Å². The number of benzene rings is 1. The topological polar surface area (TPSA) is 60.9 Å². The number of sulfonamides is 1. The van der Waals surface area contributed by atoms with E-state index in [4.69, 9.17) is 0 Å². The van der Waals surface area contributed by atoms with E-state index in [0.29, 0.717) is 36.5 Å². The SMILES string of the molecule is CC1CC(C)CN(S(=O)(=O)c2cccc(C(=O)N3CCC(N4CCCC4)CC3)c2)C1. The van der Waals surface area contributed by atoms with Crippen molar-refractivity contribution in [2.24, 2.45) is 11.8 Å². The fraction of sp³-hybridized carbons (Fsp3) is 0.696. The van der Waals surface area contributed by atoms with Crippen LogP contribution in [0.25, 0.3) is 0 Å². The molecule has 1 aromatic rings. The van der Waals surface area contributed by atoms with E-state index >= 15 is 0 Å². The van der Waals surface area contributed by atoms with Crippen LogP contribution in [0.15, 0.2) is 29.2 Å². The number of rotatable bonds is 4. The molecule has 4 rings (SSSR count). The van der Waals surface area contributed by atoms with Gasteiger partial charge in [-0.3, -0.25) is 4.79 Å². The van der Waals surface area contributed by atoms with Crippen LogP contribution in [-0.2, 0) is 10.0 Å². The molecule has 3 aliphatic rings. The summed E-state index contributed by atoms with van der Waals surface area (Å²) in [6, 6.07) is 7.24. The maximum absolute atomic E-state index is 13.2. The highest BCUT2D eigenvalue weighted by Crippen LogP contribution is 2.28. The molecule has 0 bridgehead atoms. The Labute approximate surface area is 181 Å². The Morgan fingerprint density at radius 3 is 2.23 bits per heavy atom. The van der Waals surface area contributed by atoms with Gasteiger partial charge in [0, 0.05) is 37.8 Å². The zero-order valence-corrected chi connectivity index (χ0v) is 19.1. The highest BCUT2D eigenvalue weighted by Gasteiger charge is 2.33. The van der Waals surface area contributed by atoms with Gasteiger partial charge in [-0.1, -0.05) is 19.9 Å². The van der Waals surface area contributed by atoms with Gasteiger partial charge in [0.25, 0.3) is 5.91 Å². The van der Waals surface area contributed by atoms with E-state index in [1.165, 1.54) is 25.9 Å². The summed E-state index contributed by atoms with van der Waals surface area (Å²) in [5.41, 5.74) is 0.480. The van der Waals surface area contributed by atoms with Gasteiger partial charge in [-0.15, -0.1) is 0 Å². The van der Waals surface area contributed by atoms with Crippen LogP contribution in [0.1, 0.15) is 56.3 Å². The number of piperidine rings is 2. The van der Waals surface area contributed by atoms with E-state index in [2.05, 4.69) is 18.7 Å². The van der Waals surface area contributed by atoms with Gasteiger partial charge < -0.3 is 9.80 Å². The predicted octanol–water partition coefficient (Wildman–Crippen LogP) is 3.05. The first-order valence-corrected chi connectivity index (χ1v) is 12.9. The van der Waals surface area contributed by atoms with Crippen LogP contribution < -0.4 is 0 Å². The predicted molar refractivity (Wildman–Crippen MR) is 118 cm³/mol. The van der Waals surface area contributed by atoms with Crippen molar-refractivity contribution in [1.82, 2.24) is 14.1 Å². The number of amides is 1. The minimum atomic E-state index is -3.58. The van der Waals surface area contributed by atoms with Crippen molar-refractivity contribution in [2.45, 2.75) is 56.9 Å². The summed E-state index contributed by atoms with van der Waals surface area (Å²) in [4.78, 5) is 17.8. The molecule has 1 aromatic carbocycles. The molecular formula is C23H35N3O3S. The monoisotopic (exact) mass is 433 g/mol. The molecule has 0 N–H and O–H groups in total. The maximum atomic E-state index is 13.2. The zero-order valence-electron chi connectivity index (χ0n) is 18.3. The van der Waals surface area contributed by atoms with E-state index in [0.717, 1.165) is 32.4 Å². The first kappa shape index (κ1) is 21.8. The van der Waals surface area contributed by atoms with Crippen molar-refractivity contribution in [1.29, 1.82) is 0 Å². The molecule has 3 saturated heterocycles. The Morgan fingerprint density at radius 2 is 1.60 bits per heavy atom. The molecule has 1 amide bonds. The number of likely N-dealkylation sites (tertiary alicyclic amines) is 2. The third-order valence-corrected chi connectivity index (χ3v) is 8.79. The fourth-order valence-corrected chi connectivity index (χ4v) is 7.19. The van der Waals surface area contributed by atoms with Crippen molar-refractivity contribution in [3.05, 3.63) is 29.8 Å². The maximum Gasteiger partial charge on any atom is 0.253 e. The molecule has 0 saturated carbocycles. The molecule has 0 aliphatic carbocycles. The molecule has 166 valence electrons. The van der Waals surface area contributed by atoms with Crippen molar-refractivity contribution >= 4 is 15.9 Å². The van der Waals surface area contributed by atoms with Gasteiger partial charge in [-0.25, -0.2) is 8.42 Å². The van der Waals surface area contributed by atoms with E-state index < -0.39 is 10.0 Å². The zero-order chi connectivity index (χ0) is 21.3. The molecule has 0 radical (unpaired) electrons. The van der Waals surface area contributed by atoms with Crippen molar-refractivity contribution in [3.63, 3.8) is 0 Å². The van der Waals surface area contributed by atoms with Gasteiger partial charge >= 0.3 is 0 Å². The van der Waals surface area contributed by atoms with Crippen LogP contribution in [0.3, 0.4) is 0 Å². The van der Waals surface area contributed by atoms with Gasteiger partial charge in [-0.2, -0.15) is 4.31 Å². The van der Waals surface area contributed by atoms with Crippen LogP contribution in [0, 0.1) is 11.8 Å². The summed E-state index contributed by atoms with van der Waals surface area (Å²) in [5, 5.41) is 0.